The summed E-state index contributed by atoms with van der Waals surface area (Å²) in [5.41, 5.74) is 1.12. The van der Waals surface area contributed by atoms with E-state index in [2.05, 4.69) is 0 Å². The minimum atomic E-state index is -0.470. The van der Waals surface area contributed by atoms with Gasteiger partial charge >= 0.3 is 0 Å². The summed E-state index contributed by atoms with van der Waals surface area (Å²) >= 11 is 0. The molecule has 0 spiro atoms. The van der Waals surface area contributed by atoms with E-state index in [4.69, 9.17) is 9.47 Å². The molecule has 28 heavy (non-hydrogen) atoms. The standard InChI is InChI=1S/C23H26FNO3/c24-22-10-2-1-9-21(22)23(26)25(18-11-12-18)15-17-6-5-8-19(14-17)28-16-20-7-3-4-13-27-20/h1-2,5-6,8-10,14,18,20H,3-4,7,11-13,15-16H2. The molecular weight excluding hydrogens is 357 g/mol. The van der Waals surface area contributed by atoms with Gasteiger partial charge in [-0.15, -0.1) is 0 Å². The Morgan fingerprint density at radius 1 is 1.11 bits per heavy atom. The zero-order valence-electron chi connectivity index (χ0n) is 16.0. The summed E-state index contributed by atoms with van der Waals surface area (Å²) < 4.78 is 25.7. The molecule has 2 fully saturated rings. The minimum Gasteiger partial charge on any atom is -0.491 e. The Morgan fingerprint density at radius 2 is 1.96 bits per heavy atom. The first-order valence-electron chi connectivity index (χ1n) is 10.1. The Labute approximate surface area is 165 Å². The van der Waals surface area contributed by atoms with Crippen molar-refractivity contribution >= 4 is 5.91 Å². The number of ether oxygens (including phenoxy) is 2. The summed E-state index contributed by atoms with van der Waals surface area (Å²) in [5.74, 6) is 0.0611. The monoisotopic (exact) mass is 383 g/mol. The molecule has 0 aromatic heterocycles. The zero-order chi connectivity index (χ0) is 19.3. The summed E-state index contributed by atoms with van der Waals surface area (Å²) in [6, 6.07) is 14.2. The zero-order valence-corrected chi connectivity index (χ0v) is 16.0. The van der Waals surface area contributed by atoms with Gasteiger partial charge < -0.3 is 14.4 Å². The molecular formula is C23H26FNO3. The van der Waals surface area contributed by atoms with Crippen molar-refractivity contribution in [2.75, 3.05) is 13.2 Å². The lowest BCUT2D eigenvalue weighted by atomic mass is 10.1. The van der Waals surface area contributed by atoms with Crippen LogP contribution in [0.25, 0.3) is 0 Å². The molecule has 0 radical (unpaired) electrons. The second-order valence-corrected chi connectivity index (χ2v) is 7.59. The van der Waals surface area contributed by atoms with E-state index < -0.39 is 5.82 Å². The van der Waals surface area contributed by atoms with Crippen LogP contribution >= 0.6 is 0 Å². The predicted molar refractivity (Wildman–Crippen MR) is 105 cm³/mol. The van der Waals surface area contributed by atoms with Crippen molar-refractivity contribution < 1.29 is 18.7 Å². The fourth-order valence-electron chi connectivity index (χ4n) is 3.60. The number of benzene rings is 2. The van der Waals surface area contributed by atoms with Crippen LogP contribution in [0.1, 0.15) is 48.0 Å². The Morgan fingerprint density at radius 3 is 2.71 bits per heavy atom. The van der Waals surface area contributed by atoms with Gasteiger partial charge in [-0.05, 0) is 61.9 Å². The summed E-state index contributed by atoms with van der Waals surface area (Å²) in [6.07, 6.45) is 5.43. The molecule has 5 heteroatoms. The summed E-state index contributed by atoms with van der Waals surface area (Å²) in [6.45, 7) is 1.81. The Balaban J connectivity index is 1.43. The van der Waals surface area contributed by atoms with Gasteiger partial charge in [0.2, 0.25) is 0 Å². The molecule has 2 aromatic rings. The number of hydrogen-bond donors (Lipinski definition) is 0. The van der Waals surface area contributed by atoms with Crippen LogP contribution in [0, 0.1) is 5.82 Å². The molecule has 1 aliphatic heterocycles. The van der Waals surface area contributed by atoms with E-state index in [1.54, 1.807) is 23.1 Å². The fraction of sp³-hybridized carbons (Fsp3) is 0.435. The highest BCUT2D eigenvalue weighted by molar-refractivity contribution is 5.94. The molecule has 1 unspecified atom stereocenters. The highest BCUT2D eigenvalue weighted by atomic mass is 19.1. The summed E-state index contributed by atoms with van der Waals surface area (Å²) in [4.78, 5) is 14.7. The van der Waals surface area contributed by atoms with E-state index in [1.807, 2.05) is 24.3 Å². The summed E-state index contributed by atoms with van der Waals surface area (Å²) in [7, 11) is 0. The van der Waals surface area contributed by atoms with Crippen LogP contribution in [-0.2, 0) is 11.3 Å². The van der Waals surface area contributed by atoms with Crippen molar-refractivity contribution in [2.45, 2.75) is 50.8 Å². The molecule has 0 bridgehead atoms. The minimum absolute atomic E-state index is 0.135. The Kier molecular flexibility index (Phi) is 5.91. The molecule has 2 aromatic carbocycles. The van der Waals surface area contributed by atoms with Gasteiger partial charge in [-0.25, -0.2) is 4.39 Å². The number of nitrogens with zero attached hydrogens (tertiary/aromatic N) is 1. The lowest BCUT2D eigenvalue weighted by Gasteiger charge is -2.24. The van der Waals surface area contributed by atoms with Crippen molar-refractivity contribution in [3.05, 3.63) is 65.5 Å². The maximum atomic E-state index is 14.1. The van der Waals surface area contributed by atoms with E-state index in [0.29, 0.717) is 13.2 Å². The van der Waals surface area contributed by atoms with Crippen LogP contribution in [0.2, 0.25) is 0 Å². The first kappa shape index (κ1) is 18.9. The van der Waals surface area contributed by atoms with E-state index in [1.165, 1.54) is 12.5 Å². The molecule has 1 amide bonds. The molecule has 4 nitrogen and oxygen atoms in total. The van der Waals surface area contributed by atoms with E-state index in [-0.39, 0.29) is 23.6 Å². The van der Waals surface area contributed by atoms with Gasteiger partial charge in [0.05, 0.1) is 11.7 Å². The highest BCUT2D eigenvalue weighted by Crippen LogP contribution is 2.31. The van der Waals surface area contributed by atoms with E-state index >= 15 is 0 Å². The van der Waals surface area contributed by atoms with E-state index in [0.717, 1.165) is 43.6 Å². The maximum absolute atomic E-state index is 14.1. The molecule has 1 aliphatic carbocycles. The number of amides is 1. The van der Waals surface area contributed by atoms with Crippen LogP contribution in [0.15, 0.2) is 48.5 Å². The van der Waals surface area contributed by atoms with Crippen LogP contribution in [0.4, 0.5) is 4.39 Å². The fourth-order valence-corrected chi connectivity index (χ4v) is 3.60. The molecule has 0 N–H and O–H groups in total. The third kappa shape index (κ3) is 4.71. The molecule has 1 saturated carbocycles. The number of hydrogen-bond acceptors (Lipinski definition) is 3. The van der Waals surface area contributed by atoms with Gasteiger partial charge in [0.1, 0.15) is 18.2 Å². The molecule has 1 heterocycles. The van der Waals surface area contributed by atoms with Gasteiger partial charge in [-0.2, -0.15) is 0 Å². The quantitative estimate of drug-likeness (QED) is 0.703. The van der Waals surface area contributed by atoms with Crippen LogP contribution in [0.3, 0.4) is 0 Å². The highest BCUT2D eigenvalue weighted by Gasteiger charge is 2.34. The smallest absolute Gasteiger partial charge is 0.257 e. The second kappa shape index (κ2) is 8.74. The van der Waals surface area contributed by atoms with Crippen molar-refractivity contribution in [3.8, 4) is 5.75 Å². The lowest BCUT2D eigenvalue weighted by Crippen LogP contribution is -2.33. The number of halogens is 1. The molecule has 148 valence electrons. The van der Waals surface area contributed by atoms with Gasteiger partial charge in [-0.3, -0.25) is 4.79 Å². The topological polar surface area (TPSA) is 38.8 Å². The molecule has 4 rings (SSSR count). The van der Waals surface area contributed by atoms with Gasteiger partial charge in [0.25, 0.3) is 5.91 Å². The third-order valence-electron chi connectivity index (χ3n) is 5.31. The molecule has 1 saturated heterocycles. The Bertz CT molecular complexity index is 815. The van der Waals surface area contributed by atoms with Crippen molar-refractivity contribution in [1.82, 2.24) is 4.90 Å². The Hall–Kier alpha value is -2.40. The van der Waals surface area contributed by atoms with Gasteiger partial charge in [0, 0.05) is 19.2 Å². The third-order valence-corrected chi connectivity index (χ3v) is 5.31. The first-order valence-corrected chi connectivity index (χ1v) is 10.1. The predicted octanol–water partition coefficient (Wildman–Crippen LogP) is 4.58. The number of carbonyl (C=O) groups is 1. The average Bonchev–Trinajstić information content (AvgIpc) is 3.57. The number of carbonyl (C=O) groups excluding carboxylic acids is 1. The van der Waals surface area contributed by atoms with Crippen LogP contribution < -0.4 is 4.74 Å². The normalized spacial score (nSPS) is 19.2. The van der Waals surface area contributed by atoms with Crippen LogP contribution in [0.5, 0.6) is 5.75 Å². The van der Waals surface area contributed by atoms with Crippen molar-refractivity contribution in [1.29, 1.82) is 0 Å². The SMILES string of the molecule is O=C(c1ccccc1F)N(Cc1cccc(OCC2CCCCO2)c1)C1CC1. The lowest BCUT2D eigenvalue weighted by molar-refractivity contribution is -0.0110. The van der Waals surface area contributed by atoms with Crippen molar-refractivity contribution in [2.24, 2.45) is 0 Å². The molecule has 1 atom stereocenters. The largest absolute Gasteiger partial charge is 0.491 e. The maximum Gasteiger partial charge on any atom is 0.257 e. The molecule has 2 aliphatic rings. The first-order chi connectivity index (χ1) is 13.7. The van der Waals surface area contributed by atoms with E-state index in [9.17, 15) is 9.18 Å². The van der Waals surface area contributed by atoms with Crippen molar-refractivity contribution in [3.63, 3.8) is 0 Å². The van der Waals surface area contributed by atoms with Gasteiger partial charge in [0.15, 0.2) is 0 Å². The second-order valence-electron chi connectivity index (χ2n) is 7.59. The number of rotatable bonds is 7. The summed E-state index contributed by atoms with van der Waals surface area (Å²) in [5, 5.41) is 0. The van der Waals surface area contributed by atoms with Gasteiger partial charge in [-0.1, -0.05) is 24.3 Å². The van der Waals surface area contributed by atoms with Crippen LogP contribution in [-0.4, -0.2) is 36.2 Å². The average molecular weight is 383 g/mol.